The van der Waals surface area contributed by atoms with Crippen LogP contribution in [0.2, 0.25) is 0 Å². The average Bonchev–Trinajstić information content (AvgIpc) is 2.43. The molecule has 0 amide bonds. The molecule has 0 spiro atoms. The number of nitrogens with zero attached hydrogens (tertiary/aromatic N) is 1. The maximum absolute atomic E-state index is 12.2. The highest BCUT2D eigenvalue weighted by Crippen LogP contribution is 2.16. The zero-order valence-corrected chi connectivity index (χ0v) is 12.8. The number of carbonyl (C=O) groups is 1. The van der Waals surface area contributed by atoms with Gasteiger partial charge in [-0.2, -0.15) is 5.26 Å². The summed E-state index contributed by atoms with van der Waals surface area (Å²) in [5.74, 6) is -1.39. The second kappa shape index (κ2) is 7.20. The van der Waals surface area contributed by atoms with Crippen molar-refractivity contribution in [3.05, 3.63) is 29.3 Å². The molecular formula is C14H18N2O4S. The summed E-state index contributed by atoms with van der Waals surface area (Å²) < 4.78 is 26.8. The highest BCUT2D eigenvalue weighted by molar-refractivity contribution is 7.89. The fraction of sp³-hybridized carbons (Fsp3) is 0.429. The first-order chi connectivity index (χ1) is 9.77. The van der Waals surface area contributed by atoms with Crippen LogP contribution < -0.4 is 4.72 Å². The van der Waals surface area contributed by atoms with E-state index >= 15 is 0 Å². The number of aryl methyl sites for hydroxylation is 1. The predicted octanol–water partition coefficient (Wildman–Crippen LogP) is 1.65. The number of sulfonamides is 1. The first kappa shape index (κ1) is 17.1. The standard InChI is InChI=1S/C14H18N2O4S/c1-10-5-6-12(9-15)8-13(10)21(19,20)16-7-3-4-11(2)14(17)18/h5-6,8,11,16H,3-4,7H2,1-2H3,(H,17,18). The first-order valence-corrected chi connectivity index (χ1v) is 7.99. The van der Waals surface area contributed by atoms with Gasteiger partial charge in [-0.25, -0.2) is 13.1 Å². The monoisotopic (exact) mass is 310 g/mol. The molecule has 0 aliphatic rings. The third-order valence-electron chi connectivity index (χ3n) is 3.13. The summed E-state index contributed by atoms with van der Waals surface area (Å²) in [4.78, 5) is 10.7. The van der Waals surface area contributed by atoms with Gasteiger partial charge in [0, 0.05) is 6.54 Å². The summed E-state index contributed by atoms with van der Waals surface area (Å²) in [7, 11) is -3.69. The number of hydrogen-bond acceptors (Lipinski definition) is 4. The van der Waals surface area contributed by atoms with Crippen molar-refractivity contribution in [1.82, 2.24) is 4.72 Å². The van der Waals surface area contributed by atoms with Gasteiger partial charge >= 0.3 is 5.97 Å². The van der Waals surface area contributed by atoms with Crippen molar-refractivity contribution in [1.29, 1.82) is 5.26 Å². The summed E-state index contributed by atoms with van der Waals surface area (Å²) >= 11 is 0. The van der Waals surface area contributed by atoms with Crippen molar-refractivity contribution >= 4 is 16.0 Å². The number of hydrogen-bond donors (Lipinski definition) is 2. The molecule has 2 N–H and O–H groups in total. The molecule has 6 nitrogen and oxygen atoms in total. The summed E-state index contributed by atoms with van der Waals surface area (Å²) in [6.45, 7) is 3.40. The van der Waals surface area contributed by atoms with Crippen molar-refractivity contribution in [2.24, 2.45) is 5.92 Å². The third kappa shape index (κ3) is 4.85. The zero-order valence-electron chi connectivity index (χ0n) is 12.0. The second-order valence-corrected chi connectivity index (χ2v) is 6.61. The van der Waals surface area contributed by atoms with Crippen LogP contribution in [0.4, 0.5) is 0 Å². The van der Waals surface area contributed by atoms with Crippen LogP contribution >= 0.6 is 0 Å². The molecule has 0 radical (unpaired) electrons. The van der Waals surface area contributed by atoms with Crippen LogP contribution in [0.1, 0.15) is 30.9 Å². The minimum absolute atomic E-state index is 0.0767. The SMILES string of the molecule is Cc1ccc(C#N)cc1S(=O)(=O)NCCCC(C)C(=O)O. The lowest BCUT2D eigenvalue weighted by Crippen LogP contribution is -2.26. The minimum atomic E-state index is -3.69. The molecule has 0 heterocycles. The summed E-state index contributed by atoms with van der Waals surface area (Å²) in [5.41, 5.74) is 0.834. The van der Waals surface area contributed by atoms with E-state index in [1.807, 2.05) is 6.07 Å². The molecule has 1 aromatic rings. The average molecular weight is 310 g/mol. The van der Waals surface area contributed by atoms with Gasteiger partial charge < -0.3 is 5.11 Å². The van der Waals surface area contributed by atoms with Crippen molar-refractivity contribution in [3.8, 4) is 6.07 Å². The molecule has 114 valence electrons. The highest BCUT2D eigenvalue weighted by Gasteiger charge is 2.17. The van der Waals surface area contributed by atoms with Gasteiger partial charge in [0.1, 0.15) is 0 Å². The summed E-state index contributed by atoms with van der Waals surface area (Å²) in [6, 6.07) is 6.38. The molecule has 1 unspecified atom stereocenters. The molecule has 1 rings (SSSR count). The number of carboxylic acid groups (broad SMARTS) is 1. The maximum atomic E-state index is 12.2. The Morgan fingerprint density at radius 3 is 2.71 bits per heavy atom. The lowest BCUT2D eigenvalue weighted by Gasteiger charge is -2.10. The van der Waals surface area contributed by atoms with Gasteiger partial charge in [-0.1, -0.05) is 13.0 Å². The lowest BCUT2D eigenvalue weighted by atomic mass is 10.1. The lowest BCUT2D eigenvalue weighted by molar-refractivity contribution is -0.141. The molecule has 21 heavy (non-hydrogen) atoms. The number of benzene rings is 1. The van der Waals surface area contributed by atoms with Crippen LogP contribution in [-0.2, 0) is 14.8 Å². The third-order valence-corrected chi connectivity index (χ3v) is 4.74. The van der Waals surface area contributed by atoms with Crippen molar-refractivity contribution in [2.75, 3.05) is 6.54 Å². The smallest absolute Gasteiger partial charge is 0.306 e. The van der Waals surface area contributed by atoms with Gasteiger partial charge in [-0.15, -0.1) is 0 Å². The Balaban J connectivity index is 2.70. The Kier molecular flexibility index (Phi) is 5.88. The topological polar surface area (TPSA) is 107 Å². The van der Waals surface area contributed by atoms with Crippen LogP contribution in [0.15, 0.2) is 23.1 Å². The van der Waals surface area contributed by atoms with E-state index in [-0.39, 0.29) is 17.0 Å². The Morgan fingerprint density at radius 2 is 2.14 bits per heavy atom. The molecule has 7 heteroatoms. The number of nitriles is 1. The van der Waals surface area contributed by atoms with Crippen molar-refractivity contribution in [2.45, 2.75) is 31.6 Å². The van der Waals surface area contributed by atoms with Crippen molar-refractivity contribution < 1.29 is 18.3 Å². The predicted molar refractivity (Wildman–Crippen MR) is 77.1 cm³/mol. The molecular weight excluding hydrogens is 292 g/mol. The van der Waals surface area contributed by atoms with Crippen LogP contribution in [0.5, 0.6) is 0 Å². The second-order valence-electron chi connectivity index (χ2n) is 4.87. The van der Waals surface area contributed by atoms with Gasteiger partial charge in [-0.3, -0.25) is 4.79 Å². The first-order valence-electron chi connectivity index (χ1n) is 6.51. The zero-order chi connectivity index (χ0) is 16.0. The number of nitrogens with one attached hydrogen (secondary N) is 1. The van der Waals surface area contributed by atoms with Crippen LogP contribution in [0.25, 0.3) is 0 Å². The fourth-order valence-corrected chi connectivity index (χ4v) is 3.12. The molecule has 1 aromatic carbocycles. The molecule has 0 saturated carbocycles. The number of carboxylic acids is 1. The van der Waals surface area contributed by atoms with Gasteiger partial charge in [0.25, 0.3) is 0 Å². The van der Waals surface area contributed by atoms with E-state index in [1.165, 1.54) is 6.07 Å². The van der Waals surface area contributed by atoms with Gasteiger partial charge in [0.15, 0.2) is 0 Å². The largest absolute Gasteiger partial charge is 0.481 e. The molecule has 0 bridgehead atoms. The summed E-state index contributed by atoms with van der Waals surface area (Å²) in [5, 5.41) is 17.6. The molecule has 1 atom stereocenters. The van der Waals surface area contributed by atoms with Crippen LogP contribution in [0.3, 0.4) is 0 Å². The highest BCUT2D eigenvalue weighted by atomic mass is 32.2. The molecule has 0 saturated heterocycles. The van der Waals surface area contributed by atoms with E-state index < -0.39 is 21.9 Å². The Hall–Kier alpha value is -1.91. The number of aliphatic carboxylic acids is 1. The molecule has 0 aliphatic heterocycles. The Morgan fingerprint density at radius 1 is 1.48 bits per heavy atom. The molecule has 0 aliphatic carbocycles. The Labute approximate surface area is 124 Å². The summed E-state index contributed by atoms with van der Waals surface area (Å²) in [6.07, 6.45) is 0.832. The normalized spacial score (nSPS) is 12.6. The van der Waals surface area contributed by atoms with Crippen LogP contribution in [0, 0.1) is 24.2 Å². The van der Waals surface area contributed by atoms with Crippen LogP contribution in [-0.4, -0.2) is 26.0 Å². The van der Waals surface area contributed by atoms with Gasteiger partial charge in [-0.05, 0) is 37.5 Å². The van der Waals surface area contributed by atoms with E-state index in [4.69, 9.17) is 10.4 Å². The van der Waals surface area contributed by atoms with E-state index in [2.05, 4.69) is 4.72 Å². The maximum Gasteiger partial charge on any atom is 0.306 e. The van der Waals surface area contributed by atoms with Crippen molar-refractivity contribution in [3.63, 3.8) is 0 Å². The fourth-order valence-electron chi connectivity index (χ4n) is 1.78. The van der Waals surface area contributed by atoms with E-state index in [0.717, 1.165) is 0 Å². The van der Waals surface area contributed by atoms with E-state index in [0.29, 0.717) is 18.4 Å². The van der Waals surface area contributed by atoms with Gasteiger partial charge in [0.2, 0.25) is 10.0 Å². The Bertz CT molecular complexity index is 662. The minimum Gasteiger partial charge on any atom is -0.481 e. The molecule has 0 fully saturated rings. The van der Waals surface area contributed by atoms with E-state index in [9.17, 15) is 13.2 Å². The number of rotatable bonds is 7. The quantitative estimate of drug-likeness (QED) is 0.744. The van der Waals surface area contributed by atoms with Gasteiger partial charge in [0.05, 0.1) is 22.4 Å². The van der Waals surface area contributed by atoms with E-state index in [1.54, 1.807) is 26.0 Å². The molecule has 0 aromatic heterocycles.